The molecule has 0 spiro atoms. The fourth-order valence-corrected chi connectivity index (χ4v) is 7.43. The number of carbonyl (C=O) groups is 3. The summed E-state index contributed by atoms with van der Waals surface area (Å²) in [6.45, 7) is 6.56. The maximum absolute atomic E-state index is 12.8. The summed E-state index contributed by atoms with van der Waals surface area (Å²) in [6, 6.07) is 0. The van der Waals surface area contributed by atoms with Crippen LogP contribution in [0, 0.1) is 0 Å². The Morgan fingerprint density at radius 1 is 0.317 bits per heavy atom. The van der Waals surface area contributed by atoms with Gasteiger partial charge in [-0.25, -0.2) is 0 Å². The quantitative estimate of drug-likeness (QED) is 0.0262. The Morgan fingerprint density at radius 3 is 1.00 bits per heavy atom. The van der Waals surface area contributed by atoms with Crippen molar-refractivity contribution in [2.75, 3.05) is 13.2 Å². The Kier molecular flexibility index (Phi) is 49.4. The molecule has 0 heterocycles. The van der Waals surface area contributed by atoms with E-state index in [4.69, 9.17) is 14.2 Å². The molecular weight excluding hydrogens is 781 g/mol. The second-order valence-corrected chi connectivity index (χ2v) is 17.8. The van der Waals surface area contributed by atoms with E-state index in [1.165, 1.54) is 141 Å². The Balaban J connectivity index is 4.46. The Labute approximate surface area is 390 Å². The van der Waals surface area contributed by atoms with Gasteiger partial charge in [0.2, 0.25) is 0 Å². The molecule has 6 heteroatoms. The van der Waals surface area contributed by atoms with Crippen molar-refractivity contribution in [1.82, 2.24) is 0 Å². The summed E-state index contributed by atoms with van der Waals surface area (Å²) < 4.78 is 16.8. The first-order chi connectivity index (χ1) is 31.0. The van der Waals surface area contributed by atoms with Crippen LogP contribution in [0.1, 0.15) is 265 Å². The van der Waals surface area contributed by atoms with Gasteiger partial charge in [-0.05, 0) is 83.5 Å². The van der Waals surface area contributed by atoms with Crippen LogP contribution in [0.15, 0.2) is 60.8 Å². The van der Waals surface area contributed by atoms with Crippen LogP contribution in [-0.4, -0.2) is 37.2 Å². The van der Waals surface area contributed by atoms with Crippen molar-refractivity contribution in [3.63, 3.8) is 0 Å². The second-order valence-electron chi connectivity index (χ2n) is 17.8. The van der Waals surface area contributed by atoms with E-state index >= 15 is 0 Å². The largest absolute Gasteiger partial charge is 0.462 e. The minimum absolute atomic E-state index is 0.0923. The molecule has 0 rings (SSSR count). The van der Waals surface area contributed by atoms with Crippen LogP contribution in [0.3, 0.4) is 0 Å². The van der Waals surface area contributed by atoms with Crippen LogP contribution in [0.5, 0.6) is 0 Å². The van der Waals surface area contributed by atoms with Crippen LogP contribution >= 0.6 is 0 Å². The van der Waals surface area contributed by atoms with Gasteiger partial charge in [-0.1, -0.05) is 223 Å². The van der Waals surface area contributed by atoms with Crippen LogP contribution in [0.4, 0.5) is 0 Å². The number of ether oxygens (including phenoxy) is 3. The molecule has 63 heavy (non-hydrogen) atoms. The van der Waals surface area contributed by atoms with Gasteiger partial charge in [0.25, 0.3) is 0 Å². The monoisotopic (exact) mass is 881 g/mol. The summed E-state index contributed by atoms with van der Waals surface area (Å²) in [5.74, 6) is -0.953. The van der Waals surface area contributed by atoms with Crippen molar-refractivity contribution in [3.05, 3.63) is 60.8 Å². The van der Waals surface area contributed by atoms with E-state index in [-0.39, 0.29) is 37.5 Å². The highest BCUT2D eigenvalue weighted by atomic mass is 16.6. The summed E-state index contributed by atoms with van der Waals surface area (Å²) in [4.78, 5) is 38.0. The lowest BCUT2D eigenvalue weighted by molar-refractivity contribution is -0.167. The molecule has 0 aliphatic carbocycles. The first kappa shape index (κ1) is 60.1. The summed E-state index contributed by atoms with van der Waals surface area (Å²) in [6.07, 6.45) is 63.5. The number of unbranched alkanes of at least 4 members (excludes halogenated alkanes) is 27. The molecule has 0 fully saturated rings. The number of hydrogen-bond acceptors (Lipinski definition) is 6. The molecule has 0 bridgehead atoms. The number of carbonyl (C=O) groups excluding carboxylic acids is 3. The van der Waals surface area contributed by atoms with Gasteiger partial charge in [-0.2, -0.15) is 0 Å². The predicted octanol–water partition coefficient (Wildman–Crippen LogP) is 17.6. The van der Waals surface area contributed by atoms with Gasteiger partial charge < -0.3 is 14.2 Å². The number of rotatable bonds is 48. The third-order valence-electron chi connectivity index (χ3n) is 11.5. The summed E-state index contributed by atoms with van der Waals surface area (Å²) in [5.41, 5.74) is 0. The molecule has 0 aromatic carbocycles. The van der Waals surface area contributed by atoms with Crippen LogP contribution < -0.4 is 0 Å². The maximum Gasteiger partial charge on any atom is 0.306 e. The zero-order valence-electron chi connectivity index (χ0n) is 41.6. The zero-order valence-corrected chi connectivity index (χ0v) is 41.6. The fraction of sp³-hybridized carbons (Fsp3) is 0.772. The second kappa shape index (κ2) is 51.7. The predicted molar refractivity (Wildman–Crippen MR) is 270 cm³/mol. The fourth-order valence-electron chi connectivity index (χ4n) is 7.43. The van der Waals surface area contributed by atoms with Crippen LogP contribution in [0.25, 0.3) is 0 Å². The van der Waals surface area contributed by atoms with Crippen molar-refractivity contribution in [2.24, 2.45) is 0 Å². The molecule has 6 nitrogen and oxygen atoms in total. The highest BCUT2D eigenvalue weighted by molar-refractivity contribution is 5.71. The molecule has 0 aromatic heterocycles. The SMILES string of the molecule is CCCCC/C=C\C/C=C\C/C=C\C/C=C\CCCC(=O)OC[C@@H](COC(=O)CCCCCCCCCCCCCCCC)OC(=O)CCCCCCC/C=C\CCCCCCC. The van der Waals surface area contributed by atoms with E-state index in [0.29, 0.717) is 19.3 Å². The normalized spacial score (nSPS) is 12.5. The molecule has 0 N–H and O–H groups in total. The van der Waals surface area contributed by atoms with Crippen LogP contribution in [-0.2, 0) is 28.6 Å². The Hall–Kier alpha value is -2.89. The van der Waals surface area contributed by atoms with Gasteiger partial charge in [-0.15, -0.1) is 0 Å². The third kappa shape index (κ3) is 50.0. The summed E-state index contributed by atoms with van der Waals surface area (Å²) >= 11 is 0. The Morgan fingerprint density at radius 2 is 0.587 bits per heavy atom. The first-order valence-corrected chi connectivity index (χ1v) is 26.8. The smallest absolute Gasteiger partial charge is 0.306 e. The number of esters is 3. The van der Waals surface area contributed by atoms with E-state index in [2.05, 4.69) is 81.5 Å². The lowest BCUT2D eigenvalue weighted by Gasteiger charge is -2.18. The van der Waals surface area contributed by atoms with E-state index in [1.54, 1.807) is 0 Å². The summed E-state index contributed by atoms with van der Waals surface area (Å²) in [7, 11) is 0. The van der Waals surface area contributed by atoms with Gasteiger partial charge >= 0.3 is 17.9 Å². The molecule has 0 unspecified atom stereocenters. The van der Waals surface area contributed by atoms with E-state index in [0.717, 1.165) is 77.0 Å². The number of hydrogen-bond donors (Lipinski definition) is 0. The van der Waals surface area contributed by atoms with Crippen LogP contribution in [0.2, 0.25) is 0 Å². The maximum atomic E-state index is 12.8. The first-order valence-electron chi connectivity index (χ1n) is 26.8. The average molecular weight is 881 g/mol. The molecule has 0 saturated heterocycles. The topological polar surface area (TPSA) is 78.9 Å². The Bertz CT molecular complexity index is 1150. The lowest BCUT2D eigenvalue weighted by atomic mass is 10.0. The van der Waals surface area contributed by atoms with E-state index in [9.17, 15) is 14.4 Å². The molecular formula is C57H100O6. The highest BCUT2D eigenvalue weighted by Crippen LogP contribution is 2.15. The van der Waals surface area contributed by atoms with Crippen molar-refractivity contribution in [3.8, 4) is 0 Å². The van der Waals surface area contributed by atoms with Gasteiger partial charge in [0.15, 0.2) is 6.10 Å². The molecule has 1 atom stereocenters. The molecule has 0 amide bonds. The zero-order chi connectivity index (χ0) is 45.8. The van der Waals surface area contributed by atoms with Crippen molar-refractivity contribution < 1.29 is 28.6 Å². The molecule has 0 saturated carbocycles. The summed E-state index contributed by atoms with van der Waals surface area (Å²) in [5, 5.41) is 0. The average Bonchev–Trinajstić information content (AvgIpc) is 3.28. The minimum atomic E-state index is -0.797. The number of allylic oxidation sites excluding steroid dienone is 10. The minimum Gasteiger partial charge on any atom is -0.462 e. The van der Waals surface area contributed by atoms with Crippen molar-refractivity contribution in [1.29, 1.82) is 0 Å². The van der Waals surface area contributed by atoms with E-state index < -0.39 is 6.10 Å². The van der Waals surface area contributed by atoms with Gasteiger partial charge in [-0.3, -0.25) is 14.4 Å². The molecule has 0 aromatic rings. The third-order valence-corrected chi connectivity index (χ3v) is 11.5. The van der Waals surface area contributed by atoms with Gasteiger partial charge in [0.05, 0.1) is 0 Å². The molecule has 364 valence electrons. The molecule has 0 aliphatic rings. The van der Waals surface area contributed by atoms with Crippen molar-refractivity contribution >= 4 is 17.9 Å². The van der Waals surface area contributed by atoms with Crippen molar-refractivity contribution in [2.45, 2.75) is 271 Å². The standard InChI is InChI=1S/C57H100O6/c1-4-7-10-13-16-19-22-25-28-29-30-33-35-38-41-44-47-50-56(59)62-53-54(63-57(60)51-48-45-42-39-36-32-27-24-21-18-15-12-9-6-3)52-61-55(58)49-46-43-40-37-34-31-26-23-20-17-14-11-8-5-2/h16,19,24-25,27-28,30,33,38,41,54H,4-15,17-18,20-23,26,29,31-32,34-37,39-40,42-53H2,1-3H3/b19-16-,27-24-,28-25-,33-30-,41-38-/t54-/m1/s1. The van der Waals surface area contributed by atoms with Gasteiger partial charge in [0, 0.05) is 19.3 Å². The molecule has 0 aliphatic heterocycles. The lowest BCUT2D eigenvalue weighted by Crippen LogP contribution is -2.30. The van der Waals surface area contributed by atoms with Gasteiger partial charge in [0.1, 0.15) is 13.2 Å². The molecule has 0 radical (unpaired) electrons. The van der Waals surface area contributed by atoms with E-state index in [1.807, 2.05) is 0 Å². The highest BCUT2D eigenvalue weighted by Gasteiger charge is 2.19.